The van der Waals surface area contributed by atoms with Crippen LogP contribution in [0.3, 0.4) is 0 Å². The minimum Gasteiger partial charge on any atom is -0.481 e. The minimum absolute atomic E-state index is 0.00924. The van der Waals surface area contributed by atoms with Crippen molar-refractivity contribution in [3.63, 3.8) is 0 Å². The van der Waals surface area contributed by atoms with Crippen molar-refractivity contribution < 1.29 is 19.4 Å². The molecule has 1 saturated heterocycles. The van der Waals surface area contributed by atoms with E-state index in [0.717, 1.165) is 6.42 Å². The number of ether oxygens (including phenoxy) is 1. The lowest BCUT2D eigenvalue weighted by atomic mass is 9.66. The predicted molar refractivity (Wildman–Crippen MR) is 81.0 cm³/mol. The Morgan fingerprint density at radius 3 is 2.77 bits per heavy atom. The minimum atomic E-state index is -0.765. The number of carboxylic acids is 1. The van der Waals surface area contributed by atoms with E-state index in [1.807, 2.05) is 0 Å². The van der Waals surface area contributed by atoms with Crippen LogP contribution < -0.4 is 5.32 Å². The zero-order valence-corrected chi connectivity index (χ0v) is 12.8. The topological polar surface area (TPSA) is 75.6 Å². The highest BCUT2D eigenvalue weighted by Crippen LogP contribution is 2.46. The third-order valence-corrected chi connectivity index (χ3v) is 4.74. The Morgan fingerprint density at radius 1 is 1.32 bits per heavy atom. The maximum Gasteiger partial charge on any atom is 0.306 e. The van der Waals surface area contributed by atoms with Crippen molar-refractivity contribution >= 4 is 23.5 Å². The highest BCUT2D eigenvalue weighted by Gasteiger charge is 2.51. The number of amides is 1. The summed E-state index contributed by atoms with van der Waals surface area (Å²) in [6, 6.07) is 6.83. The molecule has 6 heteroatoms. The number of benzene rings is 1. The van der Waals surface area contributed by atoms with E-state index >= 15 is 0 Å². The summed E-state index contributed by atoms with van der Waals surface area (Å²) in [5, 5.41) is 12.5. The summed E-state index contributed by atoms with van der Waals surface area (Å²) >= 11 is 5.90. The Labute approximate surface area is 133 Å². The molecule has 1 aromatic rings. The van der Waals surface area contributed by atoms with E-state index in [1.165, 1.54) is 0 Å². The van der Waals surface area contributed by atoms with Crippen molar-refractivity contribution in [3.05, 3.63) is 34.9 Å². The fraction of sp³-hybridized carbons (Fsp3) is 0.500. The summed E-state index contributed by atoms with van der Waals surface area (Å²) in [6.45, 7) is 0.548. The highest BCUT2D eigenvalue weighted by atomic mass is 35.5. The number of hydrogen-bond donors (Lipinski definition) is 2. The lowest BCUT2D eigenvalue weighted by Gasteiger charge is -2.50. The molecule has 1 spiro atoms. The molecule has 22 heavy (non-hydrogen) atoms. The third-order valence-electron chi connectivity index (χ3n) is 4.50. The van der Waals surface area contributed by atoms with Gasteiger partial charge in [-0.3, -0.25) is 9.59 Å². The number of halogens is 1. The molecule has 118 valence electrons. The van der Waals surface area contributed by atoms with E-state index in [2.05, 4.69) is 5.32 Å². The van der Waals surface area contributed by atoms with Gasteiger partial charge in [-0.1, -0.05) is 17.7 Å². The average Bonchev–Trinajstić information content (AvgIpc) is 2.44. The first-order valence-electron chi connectivity index (χ1n) is 7.41. The van der Waals surface area contributed by atoms with Gasteiger partial charge < -0.3 is 15.2 Å². The molecule has 1 aromatic carbocycles. The van der Waals surface area contributed by atoms with Crippen LogP contribution in [-0.4, -0.2) is 35.2 Å². The van der Waals surface area contributed by atoms with E-state index in [-0.39, 0.29) is 23.5 Å². The molecule has 1 unspecified atom stereocenters. The monoisotopic (exact) mass is 323 g/mol. The van der Waals surface area contributed by atoms with Crippen molar-refractivity contribution in [1.29, 1.82) is 0 Å². The van der Waals surface area contributed by atoms with Gasteiger partial charge in [0, 0.05) is 23.2 Å². The first kappa shape index (κ1) is 15.3. The van der Waals surface area contributed by atoms with Gasteiger partial charge in [-0.25, -0.2) is 0 Å². The molecule has 2 aliphatic rings. The number of hydrogen-bond acceptors (Lipinski definition) is 3. The largest absolute Gasteiger partial charge is 0.481 e. The Balaban J connectivity index is 1.59. The summed E-state index contributed by atoms with van der Waals surface area (Å²) in [6.07, 6.45) is 2.48. The summed E-state index contributed by atoms with van der Waals surface area (Å²) in [5.41, 5.74) is 0.165. The molecule has 2 N–H and O–H groups in total. The molecule has 1 heterocycles. The van der Waals surface area contributed by atoms with Gasteiger partial charge in [-0.05, 0) is 43.9 Å². The van der Waals surface area contributed by atoms with Gasteiger partial charge in [-0.2, -0.15) is 0 Å². The number of rotatable bonds is 3. The zero-order valence-electron chi connectivity index (χ0n) is 12.0. The number of carbonyl (C=O) groups is 2. The van der Waals surface area contributed by atoms with Gasteiger partial charge in [0.05, 0.1) is 11.5 Å². The van der Waals surface area contributed by atoms with Gasteiger partial charge >= 0.3 is 5.97 Å². The fourth-order valence-electron chi connectivity index (χ4n) is 3.35. The van der Waals surface area contributed by atoms with Gasteiger partial charge in [0.15, 0.2) is 0 Å². The van der Waals surface area contributed by atoms with E-state index in [1.54, 1.807) is 24.3 Å². The van der Waals surface area contributed by atoms with Crippen LogP contribution in [0.4, 0.5) is 0 Å². The van der Waals surface area contributed by atoms with Gasteiger partial charge in [0.25, 0.3) is 5.91 Å². The average molecular weight is 324 g/mol. The third kappa shape index (κ3) is 3.10. The van der Waals surface area contributed by atoms with Crippen molar-refractivity contribution in [1.82, 2.24) is 5.32 Å². The fourth-order valence-corrected chi connectivity index (χ4v) is 3.54. The van der Waals surface area contributed by atoms with Crippen molar-refractivity contribution in [3.8, 4) is 0 Å². The molecule has 0 bridgehead atoms. The first-order valence-corrected chi connectivity index (χ1v) is 7.78. The lowest BCUT2D eigenvalue weighted by molar-refractivity contribution is -0.181. The van der Waals surface area contributed by atoms with Gasteiger partial charge in [-0.15, -0.1) is 0 Å². The van der Waals surface area contributed by atoms with Crippen LogP contribution >= 0.6 is 11.6 Å². The second kappa shape index (κ2) is 5.89. The second-order valence-corrected chi connectivity index (χ2v) is 6.58. The normalized spacial score (nSPS) is 30.6. The van der Waals surface area contributed by atoms with Crippen LogP contribution in [0.25, 0.3) is 0 Å². The Hall–Kier alpha value is -1.59. The van der Waals surface area contributed by atoms with Gasteiger partial charge in [0.2, 0.25) is 0 Å². The first-order chi connectivity index (χ1) is 10.5. The maximum atomic E-state index is 12.3. The molecule has 1 amide bonds. The Kier molecular flexibility index (Phi) is 4.10. The summed E-state index contributed by atoms with van der Waals surface area (Å²) in [4.78, 5) is 23.2. The lowest BCUT2D eigenvalue weighted by Crippen LogP contribution is -2.56. The highest BCUT2D eigenvalue weighted by molar-refractivity contribution is 6.30. The van der Waals surface area contributed by atoms with Crippen LogP contribution in [0.5, 0.6) is 0 Å². The van der Waals surface area contributed by atoms with Gasteiger partial charge in [0.1, 0.15) is 0 Å². The van der Waals surface area contributed by atoms with E-state index in [4.69, 9.17) is 21.4 Å². The molecule has 1 aliphatic carbocycles. The summed E-state index contributed by atoms with van der Waals surface area (Å²) in [5.74, 6) is -1.24. The van der Waals surface area contributed by atoms with Crippen molar-refractivity contribution in [2.24, 2.45) is 5.92 Å². The van der Waals surface area contributed by atoms with Crippen LogP contribution in [-0.2, 0) is 9.53 Å². The quantitative estimate of drug-likeness (QED) is 0.896. The number of aliphatic carboxylic acids is 1. The van der Waals surface area contributed by atoms with Crippen LogP contribution in [0.2, 0.25) is 5.02 Å². The van der Waals surface area contributed by atoms with Crippen LogP contribution in [0.1, 0.15) is 36.0 Å². The number of carbonyl (C=O) groups excluding carboxylic acids is 1. The Morgan fingerprint density at radius 2 is 2.09 bits per heavy atom. The summed E-state index contributed by atoms with van der Waals surface area (Å²) in [7, 11) is 0. The molecule has 2 fully saturated rings. The second-order valence-electron chi connectivity index (χ2n) is 6.15. The SMILES string of the molecule is O=C(NC1CCOC2(C1)CC(C(=O)O)C2)c1cccc(Cl)c1. The van der Waals surface area contributed by atoms with Crippen LogP contribution in [0.15, 0.2) is 24.3 Å². The summed E-state index contributed by atoms with van der Waals surface area (Å²) < 4.78 is 5.78. The number of carboxylic acid groups (broad SMARTS) is 1. The molecule has 0 radical (unpaired) electrons. The van der Waals surface area contributed by atoms with E-state index in [0.29, 0.717) is 36.5 Å². The Bertz CT molecular complexity index is 598. The van der Waals surface area contributed by atoms with Crippen molar-refractivity contribution in [2.45, 2.75) is 37.3 Å². The molecular formula is C16H18ClNO4. The predicted octanol–water partition coefficient (Wildman–Crippen LogP) is 2.48. The standard InChI is InChI=1S/C16H18ClNO4/c17-12-3-1-2-10(6-12)14(19)18-13-4-5-22-16(9-13)7-11(8-16)15(20)21/h1-3,6,11,13H,4-5,7-9H2,(H,18,19)(H,20,21). The molecular weight excluding hydrogens is 306 g/mol. The molecule has 5 nitrogen and oxygen atoms in total. The molecule has 1 aliphatic heterocycles. The molecule has 1 atom stereocenters. The molecule has 3 rings (SSSR count). The van der Waals surface area contributed by atoms with E-state index < -0.39 is 5.97 Å². The van der Waals surface area contributed by atoms with E-state index in [9.17, 15) is 9.59 Å². The van der Waals surface area contributed by atoms with Crippen molar-refractivity contribution in [2.75, 3.05) is 6.61 Å². The van der Waals surface area contributed by atoms with Crippen LogP contribution in [0, 0.1) is 5.92 Å². The molecule has 1 saturated carbocycles. The smallest absolute Gasteiger partial charge is 0.306 e. The molecule has 0 aromatic heterocycles. The zero-order chi connectivity index (χ0) is 15.7. The maximum absolute atomic E-state index is 12.3. The number of nitrogens with one attached hydrogen (secondary N) is 1.